The Labute approximate surface area is 165 Å². The molecule has 146 valence electrons. The van der Waals surface area contributed by atoms with E-state index >= 15 is 0 Å². The van der Waals surface area contributed by atoms with Crippen molar-refractivity contribution in [3.05, 3.63) is 46.9 Å². The summed E-state index contributed by atoms with van der Waals surface area (Å²) >= 11 is 5.99. The molecule has 3 aromatic rings. The second-order valence-electron chi connectivity index (χ2n) is 6.72. The third-order valence-electron chi connectivity index (χ3n) is 4.82. The first-order valence-corrected chi connectivity index (χ1v) is 9.30. The third kappa shape index (κ3) is 3.82. The van der Waals surface area contributed by atoms with Gasteiger partial charge in [0.25, 0.3) is 11.9 Å². The summed E-state index contributed by atoms with van der Waals surface area (Å²) < 4.78 is 10.8. The highest BCUT2D eigenvalue weighted by atomic mass is 35.5. The number of halogens is 1. The van der Waals surface area contributed by atoms with Gasteiger partial charge in [0.2, 0.25) is 5.76 Å². The number of carboxylic acids is 1. The minimum atomic E-state index is -1.20. The van der Waals surface area contributed by atoms with Crippen LogP contribution < -0.4 is 10.2 Å². The molecule has 2 aromatic heterocycles. The molecule has 1 fully saturated rings. The maximum absolute atomic E-state index is 12.1. The summed E-state index contributed by atoms with van der Waals surface area (Å²) in [4.78, 5) is 29.5. The summed E-state index contributed by atoms with van der Waals surface area (Å²) in [5, 5.41) is 12.3. The number of piperidine rings is 1. The molecular weight excluding hydrogens is 386 g/mol. The van der Waals surface area contributed by atoms with Crippen molar-refractivity contribution in [2.24, 2.45) is 5.92 Å². The number of hydrogen-bond donors (Lipinski definition) is 2. The molecule has 0 spiro atoms. The fourth-order valence-corrected chi connectivity index (χ4v) is 3.42. The van der Waals surface area contributed by atoms with Gasteiger partial charge in [-0.15, -0.1) is 0 Å². The summed E-state index contributed by atoms with van der Waals surface area (Å²) in [7, 11) is 0. The molecular formula is C19H18ClN3O5. The Balaban J connectivity index is 1.30. The lowest BCUT2D eigenvalue weighted by Gasteiger charge is -2.30. The van der Waals surface area contributed by atoms with Crippen LogP contribution in [0, 0.1) is 5.92 Å². The normalized spacial score (nSPS) is 15.1. The third-order valence-corrected chi connectivity index (χ3v) is 5.05. The molecule has 28 heavy (non-hydrogen) atoms. The molecule has 0 bridgehead atoms. The van der Waals surface area contributed by atoms with Gasteiger partial charge in [0.05, 0.1) is 0 Å². The van der Waals surface area contributed by atoms with E-state index in [0.29, 0.717) is 29.1 Å². The van der Waals surface area contributed by atoms with Crippen molar-refractivity contribution in [2.75, 3.05) is 24.5 Å². The number of nitrogens with one attached hydrogen (secondary N) is 1. The molecule has 1 aliphatic rings. The van der Waals surface area contributed by atoms with Crippen molar-refractivity contribution in [1.29, 1.82) is 0 Å². The van der Waals surface area contributed by atoms with Crippen LogP contribution in [0.15, 0.2) is 39.2 Å². The van der Waals surface area contributed by atoms with E-state index in [9.17, 15) is 9.59 Å². The number of anilines is 1. The smallest absolute Gasteiger partial charge is 0.371 e. The number of hydrogen-bond acceptors (Lipinski definition) is 6. The molecule has 0 aliphatic carbocycles. The zero-order chi connectivity index (χ0) is 19.7. The average molecular weight is 404 g/mol. The van der Waals surface area contributed by atoms with Crippen LogP contribution in [0.1, 0.15) is 34.0 Å². The van der Waals surface area contributed by atoms with Gasteiger partial charge in [-0.2, -0.15) is 4.98 Å². The lowest BCUT2D eigenvalue weighted by atomic mass is 9.97. The van der Waals surface area contributed by atoms with Crippen molar-refractivity contribution >= 4 is 40.6 Å². The second-order valence-corrected chi connectivity index (χ2v) is 7.15. The molecule has 1 saturated heterocycles. The maximum atomic E-state index is 12.1. The number of rotatable bonds is 5. The molecule has 9 heteroatoms. The Morgan fingerprint density at radius 2 is 1.93 bits per heavy atom. The minimum absolute atomic E-state index is 0.0000256. The van der Waals surface area contributed by atoms with Gasteiger partial charge in [-0.3, -0.25) is 4.79 Å². The lowest BCUT2D eigenvalue weighted by Crippen LogP contribution is -2.38. The van der Waals surface area contributed by atoms with Crippen molar-refractivity contribution in [2.45, 2.75) is 12.8 Å². The van der Waals surface area contributed by atoms with Crippen LogP contribution in [-0.4, -0.2) is 41.6 Å². The van der Waals surface area contributed by atoms with E-state index < -0.39 is 11.9 Å². The predicted molar refractivity (Wildman–Crippen MR) is 102 cm³/mol. The number of aromatic carboxylic acids is 1. The molecule has 3 heterocycles. The summed E-state index contributed by atoms with van der Waals surface area (Å²) in [6, 6.07) is 8.56. The number of oxazole rings is 1. The Kier molecular flexibility index (Phi) is 4.95. The standard InChI is InChI=1S/C19H18ClN3O5/c20-12-1-2-14-13(9-12)22-19(28-14)23-7-5-11(6-8-23)10-21-17(24)15-3-4-16(27-15)18(25)26/h1-4,9,11H,5-8,10H2,(H,21,24)(H,25,26). The number of amides is 1. The Hall–Kier alpha value is -3.00. The molecule has 8 nitrogen and oxygen atoms in total. The van der Waals surface area contributed by atoms with Crippen LogP contribution in [0.4, 0.5) is 6.01 Å². The fourth-order valence-electron chi connectivity index (χ4n) is 3.25. The zero-order valence-electron chi connectivity index (χ0n) is 14.9. The number of fused-ring (bicyclic) bond motifs is 1. The molecule has 1 aliphatic heterocycles. The van der Waals surface area contributed by atoms with E-state index in [4.69, 9.17) is 25.5 Å². The lowest BCUT2D eigenvalue weighted by molar-refractivity contribution is 0.0659. The van der Waals surface area contributed by atoms with Gasteiger partial charge in [-0.1, -0.05) is 11.6 Å². The van der Waals surface area contributed by atoms with Crippen LogP contribution in [0.5, 0.6) is 0 Å². The first-order chi connectivity index (χ1) is 13.5. The first-order valence-electron chi connectivity index (χ1n) is 8.92. The minimum Gasteiger partial charge on any atom is -0.475 e. The summed E-state index contributed by atoms with van der Waals surface area (Å²) in [6.07, 6.45) is 1.75. The van der Waals surface area contributed by atoms with Crippen LogP contribution >= 0.6 is 11.6 Å². The van der Waals surface area contributed by atoms with Gasteiger partial charge in [0.15, 0.2) is 11.3 Å². The van der Waals surface area contributed by atoms with Gasteiger partial charge < -0.3 is 24.2 Å². The quantitative estimate of drug-likeness (QED) is 0.671. The average Bonchev–Trinajstić information content (AvgIpc) is 3.33. The molecule has 0 saturated carbocycles. The maximum Gasteiger partial charge on any atom is 0.371 e. The summed E-state index contributed by atoms with van der Waals surface area (Å²) in [5.41, 5.74) is 1.43. The zero-order valence-corrected chi connectivity index (χ0v) is 15.6. The molecule has 2 N–H and O–H groups in total. The Morgan fingerprint density at radius 3 is 2.64 bits per heavy atom. The Morgan fingerprint density at radius 1 is 1.18 bits per heavy atom. The highest BCUT2D eigenvalue weighted by Crippen LogP contribution is 2.27. The SMILES string of the molecule is O=C(O)c1ccc(C(=O)NCC2CCN(c3nc4cc(Cl)ccc4o3)CC2)o1. The molecule has 1 aromatic carbocycles. The number of benzene rings is 1. The summed E-state index contributed by atoms with van der Waals surface area (Å²) in [5.74, 6) is -1.55. The molecule has 1 amide bonds. The van der Waals surface area contributed by atoms with Crippen molar-refractivity contribution < 1.29 is 23.5 Å². The first kappa shape index (κ1) is 18.4. The molecule has 0 atom stereocenters. The largest absolute Gasteiger partial charge is 0.475 e. The van der Waals surface area contributed by atoms with Crippen molar-refractivity contribution in [3.8, 4) is 0 Å². The van der Waals surface area contributed by atoms with Crippen molar-refractivity contribution in [1.82, 2.24) is 10.3 Å². The van der Waals surface area contributed by atoms with E-state index in [1.807, 2.05) is 0 Å². The number of nitrogens with zero attached hydrogens (tertiary/aromatic N) is 2. The fraction of sp³-hybridized carbons (Fsp3) is 0.316. The van der Waals surface area contributed by atoms with Crippen molar-refractivity contribution in [3.63, 3.8) is 0 Å². The number of aromatic nitrogens is 1. The van der Waals surface area contributed by atoms with Crippen LogP contribution in [-0.2, 0) is 0 Å². The van der Waals surface area contributed by atoms with Gasteiger partial charge in [0, 0.05) is 24.7 Å². The number of carbonyl (C=O) groups excluding carboxylic acids is 1. The van der Waals surface area contributed by atoms with Crippen LogP contribution in [0.2, 0.25) is 5.02 Å². The topological polar surface area (TPSA) is 109 Å². The Bertz CT molecular complexity index is 1020. The number of furan rings is 1. The second kappa shape index (κ2) is 7.55. The highest BCUT2D eigenvalue weighted by Gasteiger charge is 2.24. The van der Waals surface area contributed by atoms with E-state index in [-0.39, 0.29) is 11.5 Å². The number of carboxylic acid groups (broad SMARTS) is 1. The number of carbonyl (C=O) groups is 2. The van der Waals surface area contributed by atoms with Gasteiger partial charge >= 0.3 is 5.97 Å². The molecule has 4 rings (SSSR count). The highest BCUT2D eigenvalue weighted by molar-refractivity contribution is 6.31. The van der Waals surface area contributed by atoms with E-state index in [2.05, 4.69) is 15.2 Å². The predicted octanol–water partition coefficient (Wildman–Crippen LogP) is 3.42. The molecule has 0 radical (unpaired) electrons. The summed E-state index contributed by atoms with van der Waals surface area (Å²) in [6.45, 7) is 2.04. The van der Waals surface area contributed by atoms with Gasteiger partial charge in [0.1, 0.15) is 5.52 Å². The molecule has 0 unspecified atom stereocenters. The van der Waals surface area contributed by atoms with Crippen LogP contribution in [0.3, 0.4) is 0 Å². The van der Waals surface area contributed by atoms with Gasteiger partial charge in [-0.25, -0.2) is 4.79 Å². The van der Waals surface area contributed by atoms with Crippen LogP contribution in [0.25, 0.3) is 11.1 Å². The monoisotopic (exact) mass is 403 g/mol. The van der Waals surface area contributed by atoms with Gasteiger partial charge in [-0.05, 0) is 49.1 Å². The van der Waals surface area contributed by atoms with E-state index in [1.165, 1.54) is 12.1 Å². The van der Waals surface area contributed by atoms with E-state index in [0.717, 1.165) is 31.4 Å². The van der Waals surface area contributed by atoms with E-state index in [1.54, 1.807) is 18.2 Å².